The number of methoxy groups -OCH3 is 1. The van der Waals surface area contributed by atoms with E-state index in [1.807, 2.05) is 13.8 Å². The molecular formula is C12H18FN3O. The van der Waals surface area contributed by atoms with Gasteiger partial charge >= 0.3 is 0 Å². The topological polar surface area (TPSA) is 59.6 Å². The molecule has 0 atom stereocenters. The number of halogens is 1. The monoisotopic (exact) mass is 239 g/mol. The highest BCUT2D eigenvalue weighted by atomic mass is 19.1. The van der Waals surface area contributed by atoms with Gasteiger partial charge < -0.3 is 15.8 Å². The van der Waals surface area contributed by atoms with Gasteiger partial charge in [0.2, 0.25) is 0 Å². The van der Waals surface area contributed by atoms with Gasteiger partial charge in [-0.2, -0.15) is 0 Å². The molecule has 17 heavy (non-hydrogen) atoms. The van der Waals surface area contributed by atoms with Crippen LogP contribution in [0.1, 0.15) is 13.8 Å². The zero-order valence-corrected chi connectivity index (χ0v) is 10.3. The third kappa shape index (κ3) is 4.30. The molecule has 0 fully saturated rings. The van der Waals surface area contributed by atoms with E-state index in [9.17, 15) is 4.39 Å². The van der Waals surface area contributed by atoms with Crippen molar-refractivity contribution >= 4 is 11.6 Å². The lowest BCUT2D eigenvalue weighted by atomic mass is 10.2. The molecule has 0 radical (unpaired) electrons. The lowest BCUT2D eigenvalue weighted by molar-refractivity contribution is 0.387. The second-order valence-corrected chi connectivity index (χ2v) is 4.09. The van der Waals surface area contributed by atoms with Crippen molar-refractivity contribution in [3.63, 3.8) is 0 Å². The van der Waals surface area contributed by atoms with Gasteiger partial charge in [0, 0.05) is 18.3 Å². The van der Waals surface area contributed by atoms with Crippen molar-refractivity contribution in [2.24, 2.45) is 16.6 Å². The zero-order valence-electron chi connectivity index (χ0n) is 10.3. The summed E-state index contributed by atoms with van der Waals surface area (Å²) in [7, 11) is 1.42. The Kier molecular flexibility index (Phi) is 4.75. The van der Waals surface area contributed by atoms with Crippen LogP contribution in [0.25, 0.3) is 0 Å². The van der Waals surface area contributed by atoms with Crippen molar-refractivity contribution in [1.82, 2.24) is 0 Å². The normalized spacial score (nSPS) is 11.7. The fourth-order valence-electron chi connectivity index (χ4n) is 1.21. The maximum atomic E-state index is 13.4. The summed E-state index contributed by atoms with van der Waals surface area (Å²) >= 11 is 0. The first-order chi connectivity index (χ1) is 8.02. The molecule has 0 unspecified atom stereocenters. The summed E-state index contributed by atoms with van der Waals surface area (Å²) in [6.45, 7) is 4.73. The molecule has 0 aliphatic carbocycles. The van der Waals surface area contributed by atoms with Gasteiger partial charge in [-0.05, 0) is 18.1 Å². The Morgan fingerprint density at radius 2 is 2.24 bits per heavy atom. The highest BCUT2D eigenvalue weighted by Crippen LogP contribution is 2.20. The number of rotatable bonds is 4. The average Bonchev–Trinajstić information content (AvgIpc) is 2.26. The minimum Gasteiger partial charge on any atom is -0.494 e. The number of benzene rings is 1. The fraction of sp³-hybridized carbons (Fsp3) is 0.417. The molecule has 0 aromatic heterocycles. The Morgan fingerprint density at radius 1 is 1.53 bits per heavy atom. The van der Waals surface area contributed by atoms with Crippen LogP contribution >= 0.6 is 0 Å². The van der Waals surface area contributed by atoms with E-state index in [1.165, 1.54) is 19.2 Å². The van der Waals surface area contributed by atoms with E-state index in [-0.39, 0.29) is 11.7 Å². The van der Waals surface area contributed by atoms with E-state index < -0.39 is 5.82 Å². The largest absolute Gasteiger partial charge is 0.494 e. The number of guanidine groups is 1. The molecular weight excluding hydrogens is 221 g/mol. The second kappa shape index (κ2) is 6.08. The SMILES string of the molecule is COc1ccc(NC(N)=NCC(C)C)cc1F. The minimum absolute atomic E-state index is 0.202. The summed E-state index contributed by atoms with van der Waals surface area (Å²) in [6, 6.07) is 4.53. The standard InChI is InChI=1S/C12H18FN3O/c1-8(2)7-15-12(14)16-9-4-5-11(17-3)10(13)6-9/h4-6,8H,7H2,1-3H3,(H3,14,15,16). The maximum absolute atomic E-state index is 13.4. The summed E-state index contributed by atoms with van der Waals surface area (Å²) in [5, 5.41) is 2.82. The summed E-state index contributed by atoms with van der Waals surface area (Å²) in [5.41, 5.74) is 6.21. The van der Waals surface area contributed by atoms with Gasteiger partial charge in [0.05, 0.1) is 7.11 Å². The molecule has 0 amide bonds. The van der Waals surface area contributed by atoms with Crippen LogP contribution in [0.2, 0.25) is 0 Å². The minimum atomic E-state index is -0.436. The third-order valence-electron chi connectivity index (χ3n) is 2.05. The first kappa shape index (κ1) is 13.3. The predicted molar refractivity (Wildman–Crippen MR) is 67.9 cm³/mol. The Morgan fingerprint density at radius 3 is 2.76 bits per heavy atom. The number of aliphatic imine (C=N–C) groups is 1. The van der Waals surface area contributed by atoms with Gasteiger partial charge in [-0.25, -0.2) is 4.39 Å². The number of nitrogens with one attached hydrogen (secondary N) is 1. The van der Waals surface area contributed by atoms with Gasteiger partial charge in [-0.15, -0.1) is 0 Å². The van der Waals surface area contributed by atoms with Crippen molar-refractivity contribution in [3.05, 3.63) is 24.0 Å². The van der Waals surface area contributed by atoms with Crippen LogP contribution in [0.3, 0.4) is 0 Å². The van der Waals surface area contributed by atoms with Gasteiger partial charge in [0.1, 0.15) is 0 Å². The number of nitrogens with zero attached hydrogens (tertiary/aromatic N) is 1. The molecule has 4 nitrogen and oxygen atoms in total. The molecule has 94 valence electrons. The van der Waals surface area contributed by atoms with E-state index in [0.717, 1.165) is 0 Å². The molecule has 0 saturated carbocycles. The summed E-state index contributed by atoms with van der Waals surface area (Å²) in [5.74, 6) is 0.480. The highest BCUT2D eigenvalue weighted by molar-refractivity contribution is 5.92. The van der Waals surface area contributed by atoms with Crippen LogP contribution in [0.4, 0.5) is 10.1 Å². The first-order valence-corrected chi connectivity index (χ1v) is 5.43. The fourth-order valence-corrected chi connectivity index (χ4v) is 1.21. The molecule has 0 spiro atoms. The van der Waals surface area contributed by atoms with Crippen molar-refractivity contribution in [3.8, 4) is 5.75 Å². The maximum Gasteiger partial charge on any atom is 0.193 e. The van der Waals surface area contributed by atoms with Crippen LogP contribution < -0.4 is 15.8 Å². The Bertz CT molecular complexity index is 405. The van der Waals surface area contributed by atoms with Crippen LogP contribution in [0, 0.1) is 11.7 Å². The van der Waals surface area contributed by atoms with Crippen LogP contribution in [0.15, 0.2) is 23.2 Å². The van der Waals surface area contributed by atoms with E-state index in [2.05, 4.69) is 10.3 Å². The smallest absolute Gasteiger partial charge is 0.193 e. The van der Waals surface area contributed by atoms with Crippen molar-refractivity contribution in [2.75, 3.05) is 19.0 Å². The number of hydrogen-bond donors (Lipinski definition) is 2. The molecule has 1 aromatic rings. The van der Waals surface area contributed by atoms with Crippen molar-refractivity contribution < 1.29 is 9.13 Å². The molecule has 1 aromatic carbocycles. The molecule has 0 aliphatic rings. The van der Waals surface area contributed by atoms with Gasteiger partial charge in [-0.3, -0.25) is 4.99 Å². The number of hydrogen-bond acceptors (Lipinski definition) is 2. The van der Waals surface area contributed by atoms with Gasteiger partial charge in [0.25, 0.3) is 0 Å². The summed E-state index contributed by atoms with van der Waals surface area (Å²) in [6.07, 6.45) is 0. The zero-order chi connectivity index (χ0) is 12.8. The Balaban J connectivity index is 2.69. The number of nitrogens with two attached hydrogens (primary N) is 1. The molecule has 0 heterocycles. The van der Waals surface area contributed by atoms with Crippen LogP contribution in [0.5, 0.6) is 5.75 Å². The Hall–Kier alpha value is -1.78. The molecule has 0 aliphatic heterocycles. The highest BCUT2D eigenvalue weighted by Gasteiger charge is 2.03. The third-order valence-corrected chi connectivity index (χ3v) is 2.05. The molecule has 1 rings (SSSR count). The molecule has 3 N–H and O–H groups in total. The summed E-state index contributed by atoms with van der Waals surface area (Å²) in [4.78, 5) is 4.12. The molecule has 0 saturated heterocycles. The Labute approximate surface area is 101 Å². The summed E-state index contributed by atoms with van der Waals surface area (Å²) < 4.78 is 18.2. The predicted octanol–water partition coefficient (Wildman–Crippen LogP) is 2.22. The van der Waals surface area contributed by atoms with E-state index >= 15 is 0 Å². The number of anilines is 1. The second-order valence-electron chi connectivity index (χ2n) is 4.09. The lowest BCUT2D eigenvalue weighted by Crippen LogP contribution is -2.23. The van der Waals surface area contributed by atoms with E-state index in [4.69, 9.17) is 10.5 Å². The van der Waals surface area contributed by atoms with Crippen LogP contribution in [-0.4, -0.2) is 19.6 Å². The van der Waals surface area contributed by atoms with Crippen molar-refractivity contribution in [2.45, 2.75) is 13.8 Å². The quantitative estimate of drug-likeness (QED) is 0.625. The number of ether oxygens (including phenoxy) is 1. The lowest BCUT2D eigenvalue weighted by Gasteiger charge is -2.08. The molecule has 0 bridgehead atoms. The van der Waals surface area contributed by atoms with E-state index in [0.29, 0.717) is 18.2 Å². The van der Waals surface area contributed by atoms with Gasteiger partial charge in [-0.1, -0.05) is 13.8 Å². The average molecular weight is 239 g/mol. The van der Waals surface area contributed by atoms with Gasteiger partial charge in [0.15, 0.2) is 17.5 Å². The first-order valence-electron chi connectivity index (χ1n) is 5.43. The molecule has 5 heteroatoms. The van der Waals surface area contributed by atoms with Crippen molar-refractivity contribution in [1.29, 1.82) is 0 Å². The van der Waals surface area contributed by atoms with E-state index in [1.54, 1.807) is 6.07 Å². The van der Waals surface area contributed by atoms with Crippen LogP contribution in [-0.2, 0) is 0 Å².